The Kier molecular flexibility index (Phi) is 3.44. The first-order valence-corrected chi connectivity index (χ1v) is 6.16. The first kappa shape index (κ1) is 10.4. The number of halogens is 1. The van der Waals surface area contributed by atoms with Gasteiger partial charge in [0.25, 0.3) is 0 Å². The van der Waals surface area contributed by atoms with Gasteiger partial charge in [0.2, 0.25) is 0 Å². The van der Waals surface area contributed by atoms with Crippen LogP contribution in [0.4, 0.5) is 0 Å². The molecule has 0 bridgehead atoms. The van der Waals surface area contributed by atoms with Gasteiger partial charge in [-0.2, -0.15) is 0 Å². The summed E-state index contributed by atoms with van der Waals surface area (Å²) in [6.07, 6.45) is 2.95. The molecule has 78 valence electrons. The maximum Gasteiger partial charge on any atom is 0.0973 e. The largest absolute Gasteiger partial charge is 0.392 e. The molecule has 2 atom stereocenters. The second-order valence-electron chi connectivity index (χ2n) is 3.71. The molecule has 1 saturated carbocycles. The molecule has 4 heteroatoms. The van der Waals surface area contributed by atoms with Crippen LogP contribution in [0.2, 0.25) is 4.34 Å². The lowest BCUT2D eigenvalue weighted by Gasteiger charge is -2.15. The zero-order chi connectivity index (χ0) is 9.97. The van der Waals surface area contributed by atoms with Crippen LogP contribution in [0.5, 0.6) is 0 Å². The predicted molar refractivity (Wildman–Crippen MR) is 59.8 cm³/mol. The summed E-state index contributed by atoms with van der Waals surface area (Å²) in [5, 5.41) is 14.9. The fourth-order valence-electron chi connectivity index (χ4n) is 1.87. The van der Waals surface area contributed by atoms with E-state index in [0.717, 1.165) is 35.7 Å². The highest BCUT2D eigenvalue weighted by Gasteiger charge is 2.24. The average molecular weight is 232 g/mol. The molecule has 1 aliphatic carbocycles. The Hall–Kier alpha value is -0.0900. The van der Waals surface area contributed by atoms with Crippen LogP contribution in [0.1, 0.15) is 24.8 Å². The summed E-state index contributed by atoms with van der Waals surface area (Å²) >= 11 is 7.53. The van der Waals surface area contributed by atoms with Crippen LogP contribution >= 0.6 is 22.9 Å². The zero-order valence-electron chi connectivity index (χ0n) is 7.87. The second kappa shape index (κ2) is 4.62. The lowest BCUT2D eigenvalue weighted by Crippen LogP contribution is -2.34. The first-order valence-electron chi connectivity index (χ1n) is 4.90. The number of hydrogen-bond donors (Lipinski definition) is 2. The van der Waals surface area contributed by atoms with Crippen LogP contribution in [-0.2, 0) is 6.54 Å². The number of aliphatic hydroxyl groups is 1. The summed E-state index contributed by atoms with van der Waals surface area (Å²) in [5.41, 5.74) is 1.13. The monoisotopic (exact) mass is 231 g/mol. The van der Waals surface area contributed by atoms with Crippen molar-refractivity contribution in [1.29, 1.82) is 0 Å². The maximum atomic E-state index is 9.59. The molecule has 0 radical (unpaired) electrons. The molecule has 0 spiro atoms. The number of nitrogens with one attached hydrogen (secondary N) is 1. The minimum Gasteiger partial charge on any atom is -0.392 e. The quantitative estimate of drug-likeness (QED) is 0.838. The van der Waals surface area contributed by atoms with E-state index in [2.05, 4.69) is 5.32 Å². The Labute approximate surface area is 92.9 Å². The average Bonchev–Trinajstić information content (AvgIpc) is 2.72. The lowest BCUT2D eigenvalue weighted by molar-refractivity contribution is 0.148. The van der Waals surface area contributed by atoms with Gasteiger partial charge in [-0.25, -0.2) is 0 Å². The highest BCUT2D eigenvalue weighted by Crippen LogP contribution is 2.24. The van der Waals surface area contributed by atoms with Crippen molar-refractivity contribution < 1.29 is 5.11 Å². The van der Waals surface area contributed by atoms with Gasteiger partial charge in [-0.1, -0.05) is 11.6 Å². The Bertz CT molecular complexity index is 302. The van der Waals surface area contributed by atoms with Crippen LogP contribution in [0.25, 0.3) is 0 Å². The van der Waals surface area contributed by atoms with Crippen LogP contribution in [0, 0.1) is 0 Å². The van der Waals surface area contributed by atoms with Gasteiger partial charge in [0.1, 0.15) is 0 Å². The fourth-order valence-corrected chi connectivity index (χ4v) is 2.79. The molecule has 1 aromatic rings. The Morgan fingerprint density at radius 2 is 2.43 bits per heavy atom. The van der Waals surface area contributed by atoms with Gasteiger partial charge in [-0.15, -0.1) is 11.3 Å². The number of thiophene rings is 1. The van der Waals surface area contributed by atoms with E-state index in [1.807, 2.05) is 11.4 Å². The van der Waals surface area contributed by atoms with Crippen molar-refractivity contribution in [3.8, 4) is 0 Å². The summed E-state index contributed by atoms with van der Waals surface area (Å²) in [5.74, 6) is 0. The molecule has 2 nitrogen and oxygen atoms in total. The van der Waals surface area contributed by atoms with E-state index in [1.165, 1.54) is 0 Å². The predicted octanol–water partition coefficient (Wildman–Crippen LogP) is 2.40. The summed E-state index contributed by atoms with van der Waals surface area (Å²) in [6, 6.07) is 2.28. The van der Waals surface area contributed by atoms with Gasteiger partial charge in [-0.3, -0.25) is 0 Å². The minimum absolute atomic E-state index is 0.174. The normalized spacial score (nSPS) is 27.0. The van der Waals surface area contributed by atoms with E-state index in [4.69, 9.17) is 11.6 Å². The van der Waals surface area contributed by atoms with Crippen molar-refractivity contribution in [3.05, 3.63) is 21.3 Å². The van der Waals surface area contributed by atoms with Gasteiger partial charge in [0.05, 0.1) is 10.4 Å². The topological polar surface area (TPSA) is 32.3 Å². The number of hydrogen-bond acceptors (Lipinski definition) is 3. The van der Waals surface area contributed by atoms with E-state index in [0.29, 0.717) is 0 Å². The van der Waals surface area contributed by atoms with Gasteiger partial charge in [0, 0.05) is 12.6 Å². The molecule has 14 heavy (non-hydrogen) atoms. The third kappa shape index (κ3) is 2.28. The third-order valence-electron chi connectivity index (χ3n) is 2.73. The third-order valence-corrected chi connectivity index (χ3v) is 3.98. The zero-order valence-corrected chi connectivity index (χ0v) is 9.44. The summed E-state index contributed by atoms with van der Waals surface area (Å²) < 4.78 is 0.852. The van der Waals surface area contributed by atoms with Crippen LogP contribution < -0.4 is 5.32 Å². The number of rotatable bonds is 3. The Balaban J connectivity index is 1.85. The van der Waals surface area contributed by atoms with Gasteiger partial charge >= 0.3 is 0 Å². The van der Waals surface area contributed by atoms with Crippen molar-refractivity contribution in [2.75, 3.05) is 0 Å². The Morgan fingerprint density at radius 1 is 1.57 bits per heavy atom. The number of aliphatic hydroxyl groups excluding tert-OH is 1. The van der Waals surface area contributed by atoms with Gasteiger partial charge < -0.3 is 10.4 Å². The summed E-state index contributed by atoms with van der Waals surface area (Å²) in [7, 11) is 0. The van der Waals surface area contributed by atoms with Crippen molar-refractivity contribution >= 4 is 22.9 Å². The molecule has 1 aromatic heterocycles. The lowest BCUT2D eigenvalue weighted by atomic mass is 10.2. The molecule has 1 heterocycles. The summed E-state index contributed by atoms with van der Waals surface area (Å²) in [6.45, 7) is 0.768. The second-order valence-corrected chi connectivity index (χ2v) is 5.22. The minimum atomic E-state index is -0.174. The van der Waals surface area contributed by atoms with Crippen LogP contribution in [0.3, 0.4) is 0 Å². The molecule has 1 aliphatic rings. The van der Waals surface area contributed by atoms with Gasteiger partial charge in [-0.05, 0) is 36.3 Å². The standard InChI is InChI=1S/C10H14ClNOS/c11-10-7(4-5-14-10)6-12-8-2-1-3-9(8)13/h4-5,8-9,12-13H,1-3,6H2/t8-,9-/m1/s1. The molecule has 0 unspecified atom stereocenters. The van der Waals surface area contributed by atoms with E-state index in [9.17, 15) is 5.11 Å². The summed E-state index contributed by atoms with van der Waals surface area (Å²) in [4.78, 5) is 0. The van der Waals surface area contributed by atoms with E-state index >= 15 is 0 Å². The molecular weight excluding hydrogens is 218 g/mol. The van der Waals surface area contributed by atoms with E-state index < -0.39 is 0 Å². The molecule has 0 amide bonds. The SMILES string of the molecule is O[C@@H]1CCC[C@H]1NCc1ccsc1Cl. The first-order chi connectivity index (χ1) is 6.77. The van der Waals surface area contributed by atoms with Crippen LogP contribution in [-0.4, -0.2) is 17.3 Å². The highest BCUT2D eigenvalue weighted by molar-refractivity contribution is 7.14. The van der Waals surface area contributed by atoms with Crippen molar-refractivity contribution in [2.24, 2.45) is 0 Å². The Morgan fingerprint density at radius 3 is 3.00 bits per heavy atom. The van der Waals surface area contributed by atoms with Crippen molar-refractivity contribution in [2.45, 2.75) is 38.0 Å². The maximum absolute atomic E-state index is 9.59. The van der Waals surface area contributed by atoms with E-state index in [-0.39, 0.29) is 12.1 Å². The molecule has 0 saturated heterocycles. The molecule has 2 rings (SSSR count). The van der Waals surface area contributed by atoms with Crippen molar-refractivity contribution in [3.63, 3.8) is 0 Å². The van der Waals surface area contributed by atoms with Gasteiger partial charge in [0.15, 0.2) is 0 Å². The molecule has 1 fully saturated rings. The van der Waals surface area contributed by atoms with Crippen molar-refractivity contribution in [1.82, 2.24) is 5.32 Å². The molecular formula is C10H14ClNOS. The highest BCUT2D eigenvalue weighted by atomic mass is 35.5. The fraction of sp³-hybridized carbons (Fsp3) is 0.600. The molecule has 2 N–H and O–H groups in total. The van der Waals surface area contributed by atoms with Crippen LogP contribution in [0.15, 0.2) is 11.4 Å². The van der Waals surface area contributed by atoms with E-state index in [1.54, 1.807) is 11.3 Å². The molecule has 0 aromatic carbocycles. The smallest absolute Gasteiger partial charge is 0.0973 e. The molecule has 0 aliphatic heterocycles.